The van der Waals surface area contributed by atoms with Crippen molar-refractivity contribution in [3.63, 3.8) is 0 Å². The van der Waals surface area contributed by atoms with Crippen molar-refractivity contribution >= 4 is 33.8 Å². The van der Waals surface area contributed by atoms with Gasteiger partial charge in [-0.15, -0.1) is 0 Å². The molecule has 61 valence electrons. The van der Waals surface area contributed by atoms with Gasteiger partial charge in [-0.2, -0.15) is 8.75 Å². The van der Waals surface area contributed by atoms with E-state index in [1.165, 1.54) is 11.7 Å². The third-order valence-electron chi connectivity index (χ3n) is 1.75. The van der Waals surface area contributed by atoms with Crippen LogP contribution in [0.2, 0.25) is 0 Å². The first kappa shape index (κ1) is 6.85. The van der Waals surface area contributed by atoms with Crippen LogP contribution >= 0.6 is 11.7 Å². The summed E-state index contributed by atoms with van der Waals surface area (Å²) in [6.07, 6.45) is 3.30. The van der Waals surface area contributed by atoms with E-state index in [2.05, 4.69) is 24.8 Å². The summed E-state index contributed by atoms with van der Waals surface area (Å²) in [5.41, 5.74) is 3.14. The van der Waals surface area contributed by atoms with Gasteiger partial charge in [-0.3, -0.25) is 9.97 Å². The third kappa shape index (κ3) is 0.972. The molecule has 2 aromatic heterocycles. The number of benzene rings is 1. The van der Waals surface area contributed by atoms with E-state index in [4.69, 9.17) is 0 Å². The molecule has 0 atom stereocenters. The Morgan fingerprint density at radius 1 is 1.00 bits per heavy atom. The van der Waals surface area contributed by atoms with Crippen molar-refractivity contribution in [3.05, 3.63) is 24.5 Å². The fourth-order valence-corrected chi connectivity index (χ4v) is 1.66. The molecule has 3 rings (SSSR count). The van der Waals surface area contributed by atoms with Crippen LogP contribution in [0.3, 0.4) is 0 Å². The lowest BCUT2D eigenvalue weighted by molar-refractivity contribution is 1.30. The van der Waals surface area contributed by atoms with Crippen LogP contribution in [0.4, 0.5) is 0 Å². The fourth-order valence-electron chi connectivity index (χ4n) is 1.17. The van der Waals surface area contributed by atoms with Crippen molar-refractivity contribution in [2.45, 2.75) is 0 Å². The molecular formula is C8H3N4S. The highest BCUT2D eigenvalue weighted by Crippen LogP contribution is 2.16. The van der Waals surface area contributed by atoms with Crippen LogP contribution in [0.5, 0.6) is 0 Å². The Labute approximate surface area is 77.6 Å². The zero-order valence-electron chi connectivity index (χ0n) is 6.43. The molecule has 0 saturated carbocycles. The molecule has 0 aliphatic rings. The lowest BCUT2D eigenvalue weighted by Gasteiger charge is -1.92. The van der Waals surface area contributed by atoms with E-state index in [-0.39, 0.29) is 0 Å². The standard InChI is InChI=1S/C8H3N4S/c1-2-10-6-4-8-7(11-13-12-8)3-5(6)9-1/h1-3H. The predicted octanol–water partition coefficient (Wildman–Crippen LogP) is 1.43. The monoisotopic (exact) mass is 187 g/mol. The lowest BCUT2D eigenvalue weighted by atomic mass is 10.2. The molecule has 1 radical (unpaired) electrons. The minimum atomic E-state index is 0.739. The van der Waals surface area contributed by atoms with Gasteiger partial charge in [-0.05, 0) is 6.07 Å². The number of fused-ring (bicyclic) bond motifs is 2. The summed E-state index contributed by atoms with van der Waals surface area (Å²) >= 11 is 1.18. The van der Waals surface area contributed by atoms with E-state index in [0.717, 1.165) is 22.1 Å². The highest BCUT2D eigenvalue weighted by atomic mass is 32.1. The second-order valence-corrected chi connectivity index (χ2v) is 3.09. The normalized spacial score (nSPS) is 11.1. The van der Waals surface area contributed by atoms with Crippen LogP contribution in [0.25, 0.3) is 22.1 Å². The molecule has 0 aliphatic carbocycles. The Morgan fingerprint density at radius 2 is 1.92 bits per heavy atom. The summed E-state index contributed by atoms with van der Waals surface area (Å²) < 4.78 is 8.18. The first-order chi connectivity index (χ1) is 6.43. The Bertz CT molecular complexity index is 525. The molecule has 0 unspecified atom stereocenters. The number of hydrogen-bond acceptors (Lipinski definition) is 5. The third-order valence-corrected chi connectivity index (χ3v) is 2.29. The second kappa shape index (κ2) is 2.43. The van der Waals surface area contributed by atoms with Crippen molar-refractivity contribution < 1.29 is 0 Å². The summed E-state index contributed by atoms with van der Waals surface area (Å²) in [6.45, 7) is 0. The van der Waals surface area contributed by atoms with Crippen molar-refractivity contribution in [2.75, 3.05) is 0 Å². The van der Waals surface area contributed by atoms with E-state index in [9.17, 15) is 0 Å². The van der Waals surface area contributed by atoms with E-state index in [1.54, 1.807) is 12.4 Å². The summed E-state index contributed by atoms with van der Waals surface area (Å²) in [5.74, 6) is 0. The molecule has 0 N–H and O–H groups in total. The van der Waals surface area contributed by atoms with Crippen LogP contribution in [0.15, 0.2) is 18.5 Å². The second-order valence-electron chi connectivity index (χ2n) is 2.56. The first-order valence-electron chi connectivity index (χ1n) is 3.69. The molecule has 1 aromatic carbocycles. The largest absolute Gasteiger partial charge is 0.253 e. The first-order valence-corrected chi connectivity index (χ1v) is 4.42. The Balaban J connectivity index is 2.57. The maximum Gasteiger partial charge on any atom is 0.115 e. The van der Waals surface area contributed by atoms with Crippen LogP contribution in [-0.4, -0.2) is 18.7 Å². The molecule has 4 nitrogen and oxygen atoms in total. The van der Waals surface area contributed by atoms with Crippen molar-refractivity contribution in [2.24, 2.45) is 0 Å². The van der Waals surface area contributed by atoms with E-state index in [0.29, 0.717) is 0 Å². The Hall–Kier alpha value is -1.62. The van der Waals surface area contributed by atoms with Gasteiger partial charge in [0.15, 0.2) is 0 Å². The maximum atomic E-state index is 4.15. The van der Waals surface area contributed by atoms with Crippen molar-refractivity contribution in [1.29, 1.82) is 0 Å². The zero-order valence-corrected chi connectivity index (χ0v) is 7.25. The highest BCUT2D eigenvalue weighted by Gasteiger charge is 2.02. The summed E-state index contributed by atoms with van der Waals surface area (Å²) in [4.78, 5) is 8.28. The van der Waals surface area contributed by atoms with Gasteiger partial charge in [-0.1, -0.05) is 0 Å². The quantitative estimate of drug-likeness (QED) is 0.534. The summed E-state index contributed by atoms with van der Waals surface area (Å²) in [7, 11) is 0. The number of aromatic nitrogens is 4. The molecule has 5 heteroatoms. The molecular weight excluding hydrogens is 184 g/mol. The van der Waals surface area contributed by atoms with Crippen LogP contribution in [0.1, 0.15) is 0 Å². The van der Waals surface area contributed by atoms with Gasteiger partial charge in [-0.25, -0.2) is 0 Å². The average Bonchev–Trinajstić information content (AvgIpc) is 2.61. The minimum absolute atomic E-state index is 0.739. The van der Waals surface area contributed by atoms with Crippen molar-refractivity contribution in [3.8, 4) is 0 Å². The molecule has 2 heterocycles. The van der Waals surface area contributed by atoms with E-state index in [1.807, 2.05) is 6.07 Å². The highest BCUT2D eigenvalue weighted by molar-refractivity contribution is 7.00. The van der Waals surface area contributed by atoms with Gasteiger partial charge in [0, 0.05) is 18.5 Å². The van der Waals surface area contributed by atoms with E-state index < -0.39 is 0 Å². The number of rotatable bonds is 0. The molecule has 0 saturated heterocycles. The number of nitrogens with zero attached hydrogens (tertiary/aromatic N) is 4. The summed E-state index contributed by atoms with van der Waals surface area (Å²) in [6, 6.07) is 4.93. The van der Waals surface area contributed by atoms with Gasteiger partial charge in [0.1, 0.15) is 11.0 Å². The van der Waals surface area contributed by atoms with E-state index >= 15 is 0 Å². The fraction of sp³-hybridized carbons (Fsp3) is 0. The van der Waals surface area contributed by atoms with Gasteiger partial charge in [0.2, 0.25) is 0 Å². The molecule has 0 aliphatic heterocycles. The van der Waals surface area contributed by atoms with Crippen LogP contribution in [-0.2, 0) is 0 Å². The predicted molar refractivity (Wildman–Crippen MR) is 49.3 cm³/mol. The average molecular weight is 187 g/mol. The molecule has 3 aromatic rings. The van der Waals surface area contributed by atoms with Crippen LogP contribution in [0, 0.1) is 6.07 Å². The topological polar surface area (TPSA) is 51.6 Å². The van der Waals surface area contributed by atoms with Gasteiger partial charge in [0.05, 0.1) is 22.8 Å². The van der Waals surface area contributed by atoms with Crippen molar-refractivity contribution in [1.82, 2.24) is 18.7 Å². The van der Waals surface area contributed by atoms with Crippen LogP contribution < -0.4 is 0 Å². The van der Waals surface area contributed by atoms with Gasteiger partial charge >= 0.3 is 0 Å². The van der Waals surface area contributed by atoms with Gasteiger partial charge in [0.25, 0.3) is 0 Å². The Kier molecular flexibility index (Phi) is 1.28. The molecule has 13 heavy (non-hydrogen) atoms. The molecule has 0 bridgehead atoms. The SMILES string of the molecule is [c]1c2nccnc2cc2nsnc12. The number of hydrogen-bond donors (Lipinski definition) is 0. The molecule has 0 amide bonds. The van der Waals surface area contributed by atoms with Gasteiger partial charge < -0.3 is 0 Å². The zero-order chi connectivity index (χ0) is 8.67. The lowest BCUT2D eigenvalue weighted by Crippen LogP contribution is -1.82. The molecule has 0 spiro atoms. The Morgan fingerprint density at radius 3 is 2.92 bits per heavy atom. The maximum absolute atomic E-state index is 4.15. The summed E-state index contributed by atoms with van der Waals surface area (Å²) in [5, 5.41) is 0. The molecule has 0 fully saturated rings. The minimum Gasteiger partial charge on any atom is -0.253 e. The smallest absolute Gasteiger partial charge is 0.115 e.